The van der Waals surface area contributed by atoms with Gasteiger partial charge in [-0.05, 0) is 79.0 Å². The summed E-state index contributed by atoms with van der Waals surface area (Å²) in [5, 5.41) is 3.66. The second-order valence-corrected chi connectivity index (χ2v) is 11.7. The predicted octanol–water partition coefficient (Wildman–Crippen LogP) is 8.46. The first-order valence-electron chi connectivity index (χ1n) is 14.0. The molecule has 2 aromatic carbocycles. The second-order valence-electron chi connectivity index (χ2n) is 11.7. The quantitative estimate of drug-likeness (QED) is 0.253. The molecule has 2 atom stereocenters. The molecule has 1 aliphatic carbocycles. The number of hydrogen-bond acceptors (Lipinski definition) is 4. The predicted molar refractivity (Wildman–Crippen MR) is 151 cm³/mol. The topological polar surface area (TPSA) is 39.7 Å². The van der Waals surface area contributed by atoms with Crippen LogP contribution in [0.4, 0.5) is 5.69 Å². The molecule has 1 N–H and O–H groups in total. The smallest absolute Gasteiger partial charge is 0.120 e. The molecule has 1 aliphatic rings. The standard InChI is InChI=1S/C32H49NO3/c1-7-10-24(21-36-29-12-9-11-26(19-29)30(8-2)25-13-14-25)17-18-33-31-20-28(34-6)16-15-27(31)22-35-23-32(3,4)5/h9,11-12,15-16,19-20,24-25,30,33H,7-8,10,13-14,17-18,21-23H2,1-6H3. The van der Waals surface area contributed by atoms with E-state index in [0.29, 0.717) is 18.4 Å². The molecule has 0 aliphatic heterocycles. The third kappa shape index (κ3) is 9.35. The third-order valence-corrected chi connectivity index (χ3v) is 7.08. The van der Waals surface area contributed by atoms with Gasteiger partial charge in [-0.1, -0.05) is 59.2 Å². The Morgan fingerprint density at radius 1 is 1.00 bits per heavy atom. The van der Waals surface area contributed by atoms with E-state index >= 15 is 0 Å². The van der Waals surface area contributed by atoms with Crippen molar-refractivity contribution in [3.63, 3.8) is 0 Å². The highest BCUT2D eigenvalue weighted by atomic mass is 16.5. The minimum atomic E-state index is 0.155. The first kappa shape index (κ1) is 28.4. The molecular formula is C32H49NO3. The van der Waals surface area contributed by atoms with E-state index in [1.54, 1.807) is 7.11 Å². The molecule has 0 saturated heterocycles. The van der Waals surface area contributed by atoms with E-state index in [0.717, 1.165) is 49.3 Å². The van der Waals surface area contributed by atoms with Crippen LogP contribution in [0, 0.1) is 17.3 Å². The Morgan fingerprint density at radius 3 is 2.47 bits per heavy atom. The molecule has 4 nitrogen and oxygen atoms in total. The lowest BCUT2D eigenvalue weighted by Crippen LogP contribution is -2.17. The molecule has 0 bridgehead atoms. The van der Waals surface area contributed by atoms with E-state index in [-0.39, 0.29) is 5.41 Å². The zero-order valence-electron chi connectivity index (χ0n) is 23.6. The summed E-state index contributed by atoms with van der Waals surface area (Å²) in [4.78, 5) is 0. The normalized spacial score (nSPS) is 15.4. The van der Waals surface area contributed by atoms with Gasteiger partial charge in [0.25, 0.3) is 0 Å². The number of anilines is 1. The van der Waals surface area contributed by atoms with Gasteiger partial charge in [0.1, 0.15) is 11.5 Å². The first-order chi connectivity index (χ1) is 17.3. The van der Waals surface area contributed by atoms with Crippen molar-refractivity contribution >= 4 is 5.69 Å². The van der Waals surface area contributed by atoms with Crippen LogP contribution in [0.15, 0.2) is 42.5 Å². The van der Waals surface area contributed by atoms with E-state index in [4.69, 9.17) is 14.2 Å². The van der Waals surface area contributed by atoms with Crippen molar-refractivity contribution in [3.05, 3.63) is 53.6 Å². The Labute approximate surface area is 220 Å². The zero-order chi connectivity index (χ0) is 26.0. The molecule has 0 aromatic heterocycles. The first-order valence-corrected chi connectivity index (χ1v) is 14.0. The SMILES string of the molecule is CCCC(CCNc1cc(OC)ccc1COCC(C)(C)C)COc1cccc(C(CC)C2CC2)c1. The summed E-state index contributed by atoms with van der Waals surface area (Å²) in [6, 6.07) is 15.0. The zero-order valence-corrected chi connectivity index (χ0v) is 23.6. The molecule has 1 saturated carbocycles. The average molecular weight is 496 g/mol. The summed E-state index contributed by atoms with van der Waals surface area (Å²) in [5.74, 6) is 3.97. The van der Waals surface area contributed by atoms with Crippen molar-refractivity contribution in [2.45, 2.75) is 85.7 Å². The molecule has 1 fully saturated rings. The number of nitrogens with one attached hydrogen (secondary N) is 1. The maximum atomic E-state index is 6.34. The Hall–Kier alpha value is -2.20. The summed E-state index contributed by atoms with van der Waals surface area (Å²) in [6.07, 6.45) is 7.37. The molecular weight excluding hydrogens is 446 g/mol. The van der Waals surface area contributed by atoms with Gasteiger partial charge in [-0.15, -0.1) is 0 Å². The van der Waals surface area contributed by atoms with Gasteiger partial charge < -0.3 is 19.5 Å². The Balaban J connectivity index is 1.54. The third-order valence-electron chi connectivity index (χ3n) is 7.08. The average Bonchev–Trinajstić information content (AvgIpc) is 3.68. The summed E-state index contributed by atoms with van der Waals surface area (Å²) >= 11 is 0. The van der Waals surface area contributed by atoms with Crippen molar-refractivity contribution < 1.29 is 14.2 Å². The maximum Gasteiger partial charge on any atom is 0.120 e. The van der Waals surface area contributed by atoms with Crippen molar-refractivity contribution in [3.8, 4) is 11.5 Å². The number of hydrogen-bond donors (Lipinski definition) is 1. The molecule has 0 amide bonds. The monoisotopic (exact) mass is 495 g/mol. The fourth-order valence-electron chi connectivity index (χ4n) is 4.96. The number of ether oxygens (including phenoxy) is 3. The highest BCUT2D eigenvalue weighted by Crippen LogP contribution is 2.44. The molecule has 0 radical (unpaired) electrons. The summed E-state index contributed by atoms with van der Waals surface area (Å²) in [6.45, 7) is 14.1. The van der Waals surface area contributed by atoms with E-state index in [1.165, 1.54) is 43.2 Å². The van der Waals surface area contributed by atoms with Crippen LogP contribution in [0.25, 0.3) is 0 Å². The molecule has 4 heteroatoms. The van der Waals surface area contributed by atoms with E-state index in [2.05, 4.69) is 76.3 Å². The summed E-state index contributed by atoms with van der Waals surface area (Å²) < 4.78 is 17.8. The molecule has 200 valence electrons. The van der Waals surface area contributed by atoms with Crippen LogP contribution in [0.2, 0.25) is 0 Å². The van der Waals surface area contributed by atoms with Gasteiger partial charge in [0.05, 0.1) is 26.9 Å². The van der Waals surface area contributed by atoms with Crippen LogP contribution >= 0.6 is 0 Å². The lowest BCUT2D eigenvalue weighted by atomic mass is 9.92. The van der Waals surface area contributed by atoms with Crippen LogP contribution in [0.1, 0.15) is 90.2 Å². The molecule has 36 heavy (non-hydrogen) atoms. The molecule has 2 unspecified atom stereocenters. The van der Waals surface area contributed by atoms with Gasteiger partial charge in [0, 0.05) is 23.9 Å². The molecule has 3 rings (SSSR count). The molecule has 0 heterocycles. The van der Waals surface area contributed by atoms with Crippen LogP contribution in [0.5, 0.6) is 11.5 Å². The number of methoxy groups -OCH3 is 1. The molecule has 2 aromatic rings. The van der Waals surface area contributed by atoms with Crippen molar-refractivity contribution in [1.29, 1.82) is 0 Å². The summed E-state index contributed by atoms with van der Waals surface area (Å²) in [7, 11) is 1.71. The lowest BCUT2D eigenvalue weighted by molar-refractivity contribution is 0.0601. The van der Waals surface area contributed by atoms with E-state index < -0.39 is 0 Å². The minimum absolute atomic E-state index is 0.155. The largest absolute Gasteiger partial charge is 0.497 e. The highest BCUT2D eigenvalue weighted by molar-refractivity contribution is 5.55. The number of rotatable bonds is 16. The highest BCUT2D eigenvalue weighted by Gasteiger charge is 2.31. The molecule has 0 spiro atoms. The maximum absolute atomic E-state index is 6.34. The Bertz CT molecular complexity index is 916. The fourth-order valence-corrected chi connectivity index (χ4v) is 4.96. The van der Waals surface area contributed by atoms with Crippen molar-refractivity contribution in [2.24, 2.45) is 17.3 Å². The van der Waals surface area contributed by atoms with Crippen LogP contribution in [-0.2, 0) is 11.3 Å². The van der Waals surface area contributed by atoms with E-state index in [1.807, 2.05) is 6.07 Å². The van der Waals surface area contributed by atoms with Crippen molar-refractivity contribution in [2.75, 3.05) is 32.2 Å². The van der Waals surface area contributed by atoms with Gasteiger partial charge in [-0.3, -0.25) is 0 Å². The van der Waals surface area contributed by atoms with Crippen molar-refractivity contribution in [1.82, 2.24) is 0 Å². The van der Waals surface area contributed by atoms with E-state index in [9.17, 15) is 0 Å². The second kappa shape index (κ2) is 13.9. The minimum Gasteiger partial charge on any atom is -0.497 e. The van der Waals surface area contributed by atoms with Gasteiger partial charge in [0.15, 0.2) is 0 Å². The Kier molecular flexibility index (Phi) is 11.0. The van der Waals surface area contributed by atoms with Crippen LogP contribution < -0.4 is 14.8 Å². The fraction of sp³-hybridized carbons (Fsp3) is 0.625. The Morgan fingerprint density at radius 2 is 1.81 bits per heavy atom. The van der Waals surface area contributed by atoms with Gasteiger partial charge in [-0.2, -0.15) is 0 Å². The van der Waals surface area contributed by atoms with Gasteiger partial charge in [-0.25, -0.2) is 0 Å². The van der Waals surface area contributed by atoms with Crippen LogP contribution in [0.3, 0.4) is 0 Å². The van der Waals surface area contributed by atoms with Crippen LogP contribution in [-0.4, -0.2) is 26.9 Å². The number of benzene rings is 2. The lowest BCUT2D eigenvalue weighted by Gasteiger charge is -2.21. The summed E-state index contributed by atoms with van der Waals surface area (Å²) in [5.41, 5.74) is 3.87. The van der Waals surface area contributed by atoms with Gasteiger partial charge >= 0.3 is 0 Å². The van der Waals surface area contributed by atoms with Gasteiger partial charge in [0.2, 0.25) is 0 Å².